The van der Waals surface area contributed by atoms with Crippen molar-refractivity contribution in [2.75, 3.05) is 19.8 Å². The summed E-state index contributed by atoms with van der Waals surface area (Å²) in [5.41, 5.74) is -0.934. The number of Topliss-reactive ketones (excluding diaryl/α,β-unsaturated/α-hetero) is 1. The molecule has 1 rings (SSSR count). The van der Waals surface area contributed by atoms with Gasteiger partial charge in [-0.05, 0) is 19.3 Å². The second-order valence-corrected chi connectivity index (χ2v) is 4.74. The van der Waals surface area contributed by atoms with Crippen LogP contribution in [0, 0.1) is 11.3 Å². The van der Waals surface area contributed by atoms with E-state index in [0.717, 1.165) is 0 Å². The highest BCUT2D eigenvalue weighted by Crippen LogP contribution is 2.34. The zero-order valence-corrected chi connectivity index (χ0v) is 10.2. The van der Waals surface area contributed by atoms with Crippen LogP contribution in [0.15, 0.2) is 0 Å². The van der Waals surface area contributed by atoms with Gasteiger partial charge in [-0.3, -0.25) is 9.59 Å². The molecule has 1 fully saturated rings. The third-order valence-corrected chi connectivity index (χ3v) is 2.95. The SMILES string of the molecule is CC(=O)C1(CCOCC(C)C)CCOC1=O. The van der Waals surface area contributed by atoms with Gasteiger partial charge in [0.05, 0.1) is 6.61 Å². The monoisotopic (exact) mass is 228 g/mol. The van der Waals surface area contributed by atoms with Gasteiger partial charge in [0.15, 0.2) is 0 Å². The largest absolute Gasteiger partial charge is 0.465 e. The first-order valence-electron chi connectivity index (χ1n) is 5.75. The molecule has 0 N–H and O–H groups in total. The lowest BCUT2D eigenvalue weighted by atomic mass is 9.80. The van der Waals surface area contributed by atoms with Gasteiger partial charge in [0.25, 0.3) is 0 Å². The van der Waals surface area contributed by atoms with E-state index in [4.69, 9.17) is 9.47 Å². The predicted molar refractivity (Wildman–Crippen MR) is 59.0 cm³/mol. The molecule has 0 spiro atoms. The van der Waals surface area contributed by atoms with Gasteiger partial charge in [-0.2, -0.15) is 0 Å². The van der Waals surface area contributed by atoms with E-state index in [1.54, 1.807) is 0 Å². The van der Waals surface area contributed by atoms with Gasteiger partial charge in [0.2, 0.25) is 0 Å². The van der Waals surface area contributed by atoms with Crippen LogP contribution in [-0.4, -0.2) is 31.6 Å². The lowest BCUT2D eigenvalue weighted by molar-refractivity contribution is -0.151. The van der Waals surface area contributed by atoms with Crippen molar-refractivity contribution in [1.29, 1.82) is 0 Å². The van der Waals surface area contributed by atoms with Crippen molar-refractivity contribution in [3.63, 3.8) is 0 Å². The van der Waals surface area contributed by atoms with Crippen LogP contribution in [0.1, 0.15) is 33.6 Å². The summed E-state index contributed by atoms with van der Waals surface area (Å²) >= 11 is 0. The molecule has 16 heavy (non-hydrogen) atoms. The number of carbonyl (C=O) groups excluding carboxylic acids is 2. The summed E-state index contributed by atoms with van der Waals surface area (Å²) in [7, 11) is 0. The fourth-order valence-corrected chi connectivity index (χ4v) is 1.85. The predicted octanol–water partition coefficient (Wildman–Crippen LogP) is 1.57. The average molecular weight is 228 g/mol. The zero-order valence-electron chi connectivity index (χ0n) is 10.2. The Balaban J connectivity index is 2.47. The Bertz CT molecular complexity index is 272. The summed E-state index contributed by atoms with van der Waals surface area (Å²) in [6.07, 6.45) is 0.931. The Kier molecular flexibility index (Phi) is 4.47. The molecule has 1 aliphatic heterocycles. The number of rotatable bonds is 6. The molecule has 0 aromatic carbocycles. The zero-order chi connectivity index (χ0) is 12.2. The van der Waals surface area contributed by atoms with Gasteiger partial charge in [-0.1, -0.05) is 13.8 Å². The molecule has 0 bridgehead atoms. The Morgan fingerprint density at radius 1 is 1.56 bits per heavy atom. The number of cyclic esters (lactones) is 1. The highest BCUT2D eigenvalue weighted by Gasteiger charge is 2.48. The fraction of sp³-hybridized carbons (Fsp3) is 0.833. The molecule has 92 valence electrons. The van der Waals surface area contributed by atoms with Gasteiger partial charge in [0, 0.05) is 19.6 Å². The van der Waals surface area contributed by atoms with E-state index in [9.17, 15) is 9.59 Å². The second-order valence-electron chi connectivity index (χ2n) is 4.74. The standard InChI is InChI=1S/C12H20O4/c1-9(2)8-15-6-4-12(10(3)13)5-7-16-11(12)14/h9H,4-8H2,1-3H3. The van der Waals surface area contributed by atoms with Crippen molar-refractivity contribution in [1.82, 2.24) is 0 Å². The summed E-state index contributed by atoms with van der Waals surface area (Å²) in [5, 5.41) is 0. The maximum atomic E-state index is 11.6. The highest BCUT2D eigenvalue weighted by molar-refractivity contribution is 6.03. The van der Waals surface area contributed by atoms with E-state index in [0.29, 0.717) is 38.6 Å². The van der Waals surface area contributed by atoms with Crippen LogP contribution < -0.4 is 0 Å². The van der Waals surface area contributed by atoms with Crippen molar-refractivity contribution in [2.24, 2.45) is 11.3 Å². The van der Waals surface area contributed by atoms with Crippen LogP contribution in [0.25, 0.3) is 0 Å². The lowest BCUT2D eigenvalue weighted by Crippen LogP contribution is -2.35. The topological polar surface area (TPSA) is 52.6 Å². The molecule has 1 unspecified atom stereocenters. The fourth-order valence-electron chi connectivity index (χ4n) is 1.85. The molecule has 1 saturated heterocycles. The number of ketones is 1. The maximum absolute atomic E-state index is 11.6. The molecule has 4 heteroatoms. The van der Waals surface area contributed by atoms with Gasteiger partial charge in [0.1, 0.15) is 11.2 Å². The highest BCUT2D eigenvalue weighted by atomic mass is 16.5. The number of ether oxygens (including phenoxy) is 2. The van der Waals surface area contributed by atoms with Gasteiger partial charge >= 0.3 is 5.97 Å². The summed E-state index contributed by atoms with van der Waals surface area (Å²) in [6, 6.07) is 0. The number of hydrogen-bond donors (Lipinski definition) is 0. The maximum Gasteiger partial charge on any atom is 0.319 e. The van der Waals surface area contributed by atoms with E-state index < -0.39 is 5.41 Å². The van der Waals surface area contributed by atoms with Crippen molar-refractivity contribution in [3.05, 3.63) is 0 Å². The number of hydrogen-bond acceptors (Lipinski definition) is 4. The minimum Gasteiger partial charge on any atom is -0.465 e. The number of carbonyl (C=O) groups is 2. The molecular weight excluding hydrogens is 208 g/mol. The number of esters is 1. The summed E-state index contributed by atoms with van der Waals surface area (Å²) in [4.78, 5) is 23.1. The Morgan fingerprint density at radius 2 is 2.25 bits per heavy atom. The molecule has 0 saturated carbocycles. The molecule has 0 aliphatic carbocycles. The smallest absolute Gasteiger partial charge is 0.319 e. The third kappa shape index (κ3) is 2.82. The molecule has 4 nitrogen and oxygen atoms in total. The molecule has 1 heterocycles. The quantitative estimate of drug-likeness (QED) is 0.393. The van der Waals surface area contributed by atoms with E-state index in [-0.39, 0.29) is 11.8 Å². The first-order chi connectivity index (χ1) is 7.49. The lowest BCUT2D eigenvalue weighted by Gasteiger charge is -2.21. The summed E-state index contributed by atoms with van der Waals surface area (Å²) < 4.78 is 10.3. The van der Waals surface area contributed by atoms with Crippen LogP contribution in [0.2, 0.25) is 0 Å². The average Bonchev–Trinajstić information content (AvgIpc) is 2.56. The van der Waals surface area contributed by atoms with E-state index in [1.165, 1.54) is 6.92 Å². The minimum atomic E-state index is -0.934. The van der Waals surface area contributed by atoms with E-state index in [2.05, 4.69) is 13.8 Å². The minimum absolute atomic E-state index is 0.108. The first-order valence-corrected chi connectivity index (χ1v) is 5.75. The van der Waals surface area contributed by atoms with E-state index >= 15 is 0 Å². The molecule has 0 aromatic rings. The normalized spacial score (nSPS) is 24.9. The molecule has 1 aliphatic rings. The molecular formula is C12H20O4. The van der Waals surface area contributed by atoms with Gasteiger partial charge in [-0.15, -0.1) is 0 Å². The van der Waals surface area contributed by atoms with Crippen LogP contribution in [-0.2, 0) is 19.1 Å². The van der Waals surface area contributed by atoms with Crippen molar-refractivity contribution in [2.45, 2.75) is 33.6 Å². The van der Waals surface area contributed by atoms with Crippen molar-refractivity contribution < 1.29 is 19.1 Å². The van der Waals surface area contributed by atoms with Gasteiger partial charge < -0.3 is 9.47 Å². The van der Waals surface area contributed by atoms with Crippen LogP contribution in [0.3, 0.4) is 0 Å². The second kappa shape index (κ2) is 5.43. The summed E-state index contributed by atoms with van der Waals surface area (Å²) in [5.74, 6) is -0.0277. The Labute approximate surface area is 96.3 Å². The van der Waals surface area contributed by atoms with Crippen molar-refractivity contribution >= 4 is 11.8 Å². The molecule has 0 aromatic heterocycles. The third-order valence-electron chi connectivity index (χ3n) is 2.95. The van der Waals surface area contributed by atoms with Gasteiger partial charge in [-0.25, -0.2) is 0 Å². The molecule has 1 atom stereocenters. The van der Waals surface area contributed by atoms with Crippen LogP contribution in [0.4, 0.5) is 0 Å². The Morgan fingerprint density at radius 3 is 2.69 bits per heavy atom. The van der Waals surface area contributed by atoms with E-state index in [1.807, 2.05) is 0 Å². The molecule has 0 radical (unpaired) electrons. The molecule has 0 amide bonds. The van der Waals surface area contributed by atoms with Crippen molar-refractivity contribution in [3.8, 4) is 0 Å². The summed E-state index contributed by atoms with van der Waals surface area (Å²) in [6.45, 7) is 7.02. The van der Waals surface area contributed by atoms with Crippen LogP contribution in [0.5, 0.6) is 0 Å². The Hall–Kier alpha value is -0.900. The first kappa shape index (κ1) is 13.2. The van der Waals surface area contributed by atoms with Crippen LogP contribution >= 0.6 is 0 Å².